The zero-order valence-electron chi connectivity index (χ0n) is 12.1. The molecular weight excluding hydrogens is 268 g/mol. The van der Waals surface area contributed by atoms with Crippen molar-refractivity contribution >= 4 is 12.0 Å². The Morgan fingerprint density at radius 3 is 2.62 bits per heavy atom. The normalized spacial score (nSPS) is 17.8. The average Bonchev–Trinajstić information content (AvgIpc) is 2.45. The molecule has 2 amide bonds. The summed E-state index contributed by atoms with van der Waals surface area (Å²) in [4.78, 5) is 24.0. The molecule has 1 aromatic rings. The Hall–Kier alpha value is -2.56. The third-order valence-electron chi connectivity index (χ3n) is 3.07. The van der Waals surface area contributed by atoms with Gasteiger partial charge in [0.15, 0.2) is 0 Å². The van der Waals surface area contributed by atoms with Gasteiger partial charge in [0.2, 0.25) is 0 Å². The van der Waals surface area contributed by atoms with Gasteiger partial charge in [0.1, 0.15) is 6.61 Å². The third kappa shape index (κ3) is 3.51. The Kier molecular flexibility index (Phi) is 4.42. The van der Waals surface area contributed by atoms with Crippen molar-refractivity contribution in [2.24, 2.45) is 0 Å². The molecule has 0 bridgehead atoms. The summed E-state index contributed by atoms with van der Waals surface area (Å²) in [6.45, 7) is 7.33. The van der Waals surface area contributed by atoms with Gasteiger partial charge in [-0.15, -0.1) is 0 Å². The lowest BCUT2D eigenvalue weighted by atomic mass is 9.96. The van der Waals surface area contributed by atoms with Crippen LogP contribution in [0.4, 0.5) is 4.79 Å². The second-order valence-electron chi connectivity index (χ2n) is 5.01. The molecule has 110 valence electrons. The molecule has 2 N–H and O–H groups in total. The molecule has 0 saturated heterocycles. The van der Waals surface area contributed by atoms with Crippen LogP contribution in [-0.2, 0) is 9.53 Å². The first-order valence-electron chi connectivity index (χ1n) is 6.63. The largest absolute Gasteiger partial charge is 0.458 e. The van der Waals surface area contributed by atoms with E-state index in [4.69, 9.17) is 4.74 Å². The number of carbonyl (C=O) groups excluding carboxylic acids is 2. The highest BCUT2D eigenvalue weighted by atomic mass is 16.5. The topological polar surface area (TPSA) is 67.4 Å². The number of allylic oxidation sites excluding steroid dienone is 1. The maximum absolute atomic E-state index is 12.3. The first-order valence-corrected chi connectivity index (χ1v) is 6.63. The van der Waals surface area contributed by atoms with Crippen molar-refractivity contribution < 1.29 is 14.3 Å². The van der Waals surface area contributed by atoms with Gasteiger partial charge in [-0.25, -0.2) is 9.59 Å². The van der Waals surface area contributed by atoms with Crippen molar-refractivity contribution in [3.05, 3.63) is 59.3 Å². The summed E-state index contributed by atoms with van der Waals surface area (Å²) in [6, 6.07) is 8.45. The van der Waals surface area contributed by atoms with E-state index < -0.39 is 12.0 Å². The third-order valence-corrected chi connectivity index (χ3v) is 3.07. The number of benzene rings is 1. The van der Waals surface area contributed by atoms with Crippen LogP contribution in [0.2, 0.25) is 0 Å². The number of ether oxygens (including phenoxy) is 1. The molecule has 0 spiro atoms. The fourth-order valence-electron chi connectivity index (χ4n) is 2.13. The Morgan fingerprint density at radius 2 is 2.00 bits per heavy atom. The van der Waals surface area contributed by atoms with E-state index in [-0.39, 0.29) is 12.6 Å². The predicted molar refractivity (Wildman–Crippen MR) is 79.3 cm³/mol. The maximum atomic E-state index is 12.3. The SMILES string of the molecule is C=C(C)COC(=O)C1=C(C)NC(=O)NC1c1ccccc1. The molecule has 0 radical (unpaired) electrons. The number of nitrogens with one attached hydrogen (secondary N) is 2. The monoisotopic (exact) mass is 286 g/mol. The number of rotatable bonds is 4. The summed E-state index contributed by atoms with van der Waals surface area (Å²) in [6.07, 6.45) is 0. The van der Waals surface area contributed by atoms with Gasteiger partial charge >= 0.3 is 12.0 Å². The number of hydrogen-bond acceptors (Lipinski definition) is 3. The van der Waals surface area contributed by atoms with E-state index in [0.29, 0.717) is 11.3 Å². The summed E-state index contributed by atoms with van der Waals surface area (Å²) in [7, 11) is 0. The van der Waals surface area contributed by atoms with Crippen molar-refractivity contribution in [3.63, 3.8) is 0 Å². The van der Waals surface area contributed by atoms with Gasteiger partial charge in [0, 0.05) is 5.70 Å². The minimum absolute atomic E-state index is 0.158. The molecule has 1 heterocycles. The van der Waals surface area contributed by atoms with E-state index >= 15 is 0 Å². The van der Waals surface area contributed by atoms with Crippen molar-refractivity contribution in [1.82, 2.24) is 10.6 Å². The standard InChI is InChI=1S/C16H18N2O3/c1-10(2)9-21-15(19)13-11(3)17-16(20)18-14(13)12-7-5-4-6-8-12/h4-8,14H,1,9H2,2-3H3,(H2,17,18,20). The van der Waals surface area contributed by atoms with Gasteiger partial charge < -0.3 is 15.4 Å². The summed E-state index contributed by atoms with van der Waals surface area (Å²) in [5, 5.41) is 5.35. The molecule has 21 heavy (non-hydrogen) atoms. The molecule has 0 saturated carbocycles. The Morgan fingerprint density at radius 1 is 1.33 bits per heavy atom. The Labute approximate surface area is 123 Å². The minimum Gasteiger partial charge on any atom is -0.458 e. The molecule has 1 unspecified atom stereocenters. The molecule has 0 fully saturated rings. The van der Waals surface area contributed by atoms with Crippen LogP contribution in [0, 0.1) is 0 Å². The maximum Gasteiger partial charge on any atom is 0.338 e. The van der Waals surface area contributed by atoms with E-state index in [0.717, 1.165) is 11.1 Å². The zero-order valence-corrected chi connectivity index (χ0v) is 12.1. The van der Waals surface area contributed by atoms with Crippen LogP contribution in [-0.4, -0.2) is 18.6 Å². The lowest BCUT2D eigenvalue weighted by molar-refractivity contribution is -0.138. The molecule has 1 aromatic carbocycles. The average molecular weight is 286 g/mol. The van der Waals surface area contributed by atoms with E-state index in [1.165, 1.54) is 0 Å². The van der Waals surface area contributed by atoms with Gasteiger partial charge in [0.05, 0.1) is 11.6 Å². The number of urea groups is 1. The second kappa shape index (κ2) is 6.26. The van der Waals surface area contributed by atoms with Crippen LogP contribution < -0.4 is 10.6 Å². The highest BCUT2D eigenvalue weighted by molar-refractivity contribution is 5.95. The Bertz CT molecular complexity index is 605. The molecule has 1 aliphatic rings. The lowest BCUT2D eigenvalue weighted by Crippen LogP contribution is -2.45. The quantitative estimate of drug-likeness (QED) is 0.660. The van der Waals surface area contributed by atoms with Crippen molar-refractivity contribution in [2.75, 3.05) is 6.61 Å². The van der Waals surface area contributed by atoms with Crippen LogP contribution in [0.5, 0.6) is 0 Å². The summed E-state index contributed by atoms with van der Waals surface area (Å²) < 4.78 is 5.21. The summed E-state index contributed by atoms with van der Waals surface area (Å²) in [5.41, 5.74) is 2.49. The predicted octanol–water partition coefficient (Wildman–Crippen LogP) is 2.43. The molecule has 5 heteroatoms. The fraction of sp³-hybridized carbons (Fsp3) is 0.250. The Balaban J connectivity index is 2.32. The number of carbonyl (C=O) groups is 2. The van der Waals surface area contributed by atoms with E-state index in [2.05, 4.69) is 17.2 Å². The molecule has 5 nitrogen and oxygen atoms in total. The minimum atomic E-state index is -0.516. The fourth-order valence-corrected chi connectivity index (χ4v) is 2.13. The molecule has 0 aromatic heterocycles. The molecule has 1 aliphatic heterocycles. The van der Waals surface area contributed by atoms with Gasteiger partial charge in [-0.05, 0) is 25.0 Å². The summed E-state index contributed by atoms with van der Waals surface area (Å²) in [5.74, 6) is -0.461. The van der Waals surface area contributed by atoms with Gasteiger partial charge in [-0.2, -0.15) is 0 Å². The van der Waals surface area contributed by atoms with Crippen LogP contribution >= 0.6 is 0 Å². The smallest absolute Gasteiger partial charge is 0.338 e. The van der Waals surface area contributed by atoms with Gasteiger partial charge in [-0.3, -0.25) is 0 Å². The first-order chi connectivity index (χ1) is 9.99. The highest BCUT2D eigenvalue weighted by Crippen LogP contribution is 2.27. The van der Waals surface area contributed by atoms with E-state index in [1.807, 2.05) is 30.3 Å². The van der Waals surface area contributed by atoms with Gasteiger partial charge in [0.25, 0.3) is 0 Å². The van der Waals surface area contributed by atoms with E-state index in [1.54, 1.807) is 13.8 Å². The van der Waals surface area contributed by atoms with Crippen LogP contribution in [0.3, 0.4) is 0 Å². The molecule has 2 rings (SSSR count). The van der Waals surface area contributed by atoms with Crippen LogP contribution in [0.1, 0.15) is 25.5 Å². The van der Waals surface area contributed by atoms with Crippen LogP contribution in [0.15, 0.2) is 53.8 Å². The number of amides is 2. The molecular formula is C16H18N2O3. The number of esters is 1. The number of hydrogen-bond donors (Lipinski definition) is 2. The van der Waals surface area contributed by atoms with Crippen molar-refractivity contribution in [1.29, 1.82) is 0 Å². The highest BCUT2D eigenvalue weighted by Gasteiger charge is 2.31. The molecule has 0 aliphatic carbocycles. The van der Waals surface area contributed by atoms with Crippen molar-refractivity contribution in [3.8, 4) is 0 Å². The lowest BCUT2D eigenvalue weighted by Gasteiger charge is -2.28. The summed E-state index contributed by atoms with van der Waals surface area (Å²) >= 11 is 0. The zero-order chi connectivity index (χ0) is 15.4. The first kappa shape index (κ1) is 14.8. The van der Waals surface area contributed by atoms with Crippen molar-refractivity contribution in [2.45, 2.75) is 19.9 Å². The second-order valence-corrected chi connectivity index (χ2v) is 5.01. The van der Waals surface area contributed by atoms with Crippen LogP contribution in [0.25, 0.3) is 0 Å². The van der Waals surface area contributed by atoms with E-state index in [9.17, 15) is 9.59 Å². The van der Waals surface area contributed by atoms with Gasteiger partial charge in [-0.1, -0.05) is 36.9 Å². The molecule has 1 atom stereocenters.